The Labute approximate surface area is 373 Å². The fourth-order valence-electron chi connectivity index (χ4n) is 5.72. The molecular formula is C55H84O6. The van der Waals surface area contributed by atoms with Crippen LogP contribution in [-0.2, 0) is 28.6 Å². The molecule has 0 radical (unpaired) electrons. The van der Waals surface area contributed by atoms with E-state index >= 15 is 0 Å². The molecule has 0 aliphatic carbocycles. The average Bonchev–Trinajstić information content (AvgIpc) is 3.26. The maximum Gasteiger partial charge on any atom is 0.306 e. The molecule has 0 aliphatic heterocycles. The Morgan fingerprint density at radius 3 is 1.02 bits per heavy atom. The largest absolute Gasteiger partial charge is 0.462 e. The van der Waals surface area contributed by atoms with Crippen molar-refractivity contribution in [2.24, 2.45) is 0 Å². The summed E-state index contributed by atoms with van der Waals surface area (Å²) in [6.45, 7) is 6.12. The molecule has 0 rings (SSSR count). The van der Waals surface area contributed by atoms with Crippen LogP contribution in [0.4, 0.5) is 0 Å². The molecule has 1 atom stereocenters. The van der Waals surface area contributed by atoms with Crippen molar-refractivity contribution in [3.05, 3.63) is 134 Å². The topological polar surface area (TPSA) is 78.9 Å². The van der Waals surface area contributed by atoms with Crippen LogP contribution in [0.5, 0.6) is 0 Å². The van der Waals surface area contributed by atoms with E-state index in [9.17, 15) is 14.4 Å². The third-order valence-electron chi connectivity index (χ3n) is 9.16. The summed E-state index contributed by atoms with van der Waals surface area (Å²) in [5, 5.41) is 0. The van der Waals surface area contributed by atoms with E-state index in [0.29, 0.717) is 19.3 Å². The summed E-state index contributed by atoms with van der Waals surface area (Å²) >= 11 is 0. The van der Waals surface area contributed by atoms with Gasteiger partial charge in [-0.15, -0.1) is 0 Å². The van der Waals surface area contributed by atoms with Crippen molar-refractivity contribution >= 4 is 17.9 Å². The first kappa shape index (κ1) is 56.5. The molecule has 0 amide bonds. The van der Waals surface area contributed by atoms with Crippen LogP contribution in [0.3, 0.4) is 0 Å². The second-order valence-corrected chi connectivity index (χ2v) is 14.9. The summed E-state index contributed by atoms with van der Waals surface area (Å²) in [4.78, 5) is 37.8. The molecule has 0 N–H and O–H groups in total. The number of hydrogen-bond donors (Lipinski definition) is 0. The van der Waals surface area contributed by atoms with E-state index in [2.05, 4.69) is 130 Å². The number of carbonyl (C=O) groups is 3. The van der Waals surface area contributed by atoms with Gasteiger partial charge >= 0.3 is 17.9 Å². The van der Waals surface area contributed by atoms with Crippen LogP contribution < -0.4 is 0 Å². The fourth-order valence-corrected chi connectivity index (χ4v) is 5.72. The van der Waals surface area contributed by atoms with E-state index in [1.54, 1.807) is 0 Å². The summed E-state index contributed by atoms with van der Waals surface area (Å²) < 4.78 is 16.6. The lowest BCUT2D eigenvalue weighted by Gasteiger charge is -2.18. The van der Waals surface area contributed by atoms with Crippen molar-refractivity contribution in [2.45, 2.75) is 181 Å². The van der Waals surface area contributed by atoms with Gasteiger partial charge in [0.2, 0.25) is 0 Å². The van der Waals surface area contributed by atoms with Gasteiger partial charge in [0.1, 0.15) is 13.2 Å². The lowest BCUT2D eigenvalue weighted by atomic mass is 10.1. The number of ether oxygens (including phenoxy) is 3. The molecule has 0 bridgehead atoms. The van der Waals surface area contributed by atoms with Crippen LogP contribution in [0.2, 0.25) is 0 Å². The third kappa shape index (κ3) is 46.5. The van der Waals surface area contributed by atoms with Gasteiger partial charge in [-0.3, -0.25) is 14.4 Å². The molecule has 0 fully saturated rings. The van der Waals surface area contributed by atoms with Gasteiger partial charge in [-0.05, 0) is 103 Å². The molecule has 0 aromatic rings. The van der Waals surface area contributed by atoms with Crippen LogP contribution in [0.25, 0.3) is 0 Å². The normalized spacial score (nSPS) is 13.3. The van der Waals surface area contributed by atoms with Crippen molar-refractivity contribution < 1.29 is 28.6 Å². The third-order valence-corrected chi connectivity index (χ3v) is 9.16. The minimum atomic E-state index is -0.852. The lowest BCUT2D eigenvalue weighted by molar-refractivity contribution is -0.166. The molecule has 6 heteroatoms. The van der Waals surface area contributed by atoms with Crippen LogP contribution in [-0.4, -0.2) is 37.2 Å². The highest BCUT2D eigenvalue weighted by Crippen LogP contribution is 2.12. The average molecular weight is 841 g/mol. The zero-order valence-corrected chi connectivity index (χ0v) is 38.6. The Balaban J connectivity index is 4.59. The van der Waals surface area contributed by atoms with E-state index in [0.717, 1.165) is 96.3 Å². The van der Waals surface area contributed by atoms with Crippen molar-refractivity contribution in [1.82, 2.24) is 0 Å². The quantitative estimate of drug-likeness (QED) is 0.0265. The van der Waals surface area contributed by atoms with Gasteiger partial charge in [-0.2, -0.15) is 0 Å². The molecule has 6 nitrogen and oxygen atoms in total. The van der Waals surface area contributed by atoms with Gasteiger partial charge < -0.3 is 14.2 Å². The Kier molecular flexibility index (Phi) is 44.7. The Morgan fingerprint density at radius 1 is 0.328 bits per heavy atom. The molecule has 61 heavy (non-hydrogen) atoms. The highest BCUT2D eigenvalue weighted by molar-refractivity contribution is 5.71. The van der Waals surface area contributed by atoms with Gasteiger partial charge in [0.05, 0.1) is 0 Å². The number of unbranched alkanes of at least 4 members (excludes halogenated alkanes) is 7. The molecule has 0 spiro atoms. The first-order valence-electron chi connectivity index (χ1n) is 23.7. The maximum absolute atomic E-state index is 12.7. The number of carbonyl (C=O) groups excluding carboxylic acids is 3. The Hall–Kier alpha value is -4.45. The standard InChI is InChI=1S/C55H84O6/c1-4-7-10-13-16-19-22-25-26-27-28-31-33-36-39-42-45-48-54(57)60-51-52(61-55(58)49-46-43-40-37-34-30-24-21-18-15-12-9-6-3)50-59-53(56)47-44-41-38-35-32-29-23-20-17-14-11-8-5-2/h7-12,16-21,25-26,29-30,32,34,38,40-41,43,52H,4-6,13-15,22-24,27-28,31,33,35-37,39,42,44-51H2,1-3H3/b10-7-,11-8-,12-9-,19-16-,20-17-,21-18-,26-25-,32-29-,34-30-,41-38-,43-40-. The molecule has 0 saturated carbocycles. The molecule has 0 saturated heterocycles. The van der Waals surface area contributed by atoms with Crippen LogP contribution in [0.15, 0.2) is 134 Å². The first-order chi connectivity index (χ1) is 30.0. The van der Waals surface area contributed by atoms with E-state index < -0.39 is 12.1 Å². The van der Waals surface area contributed by atoms with Crippen LogP contribution in [0, 0.1) is 0 Å². The van der Waals surface area contributed by atoms with E-state index in [4.69, 9.17) is 14.2 Å². The zero-order valence-electron chi connectivity index (χ0n) is 38.6. The lowest BCUT2D eigenvalue weighted by Crippen LogP contribution is -2.30. The second-order valence-electron chi connectivity index (χ2n) is 14.9. The highest BCUT2D eigenvalue weighted by atomic mass is 16.6. The SMILES string of the molecule is CC/C=C\C/C=C\C/C=C\C/C=C\CCC(=O)OCC(COC(=O)CCCCCCCCC/C=C\C/C=C\C/C=C\CC)OC(=O)CC/C=C\C/C=C\C/C=C\C/C=C\CC. The molecule has 1 unspecified atom stereocenters. The summed E-state index contributed by atoms with van der Waals surface area (Å²) in [6.07, 6.45) is 67.5. The van der Waals surface area contributed by atoms with Crippen molar-refractivity contribution in [3.63, 3.8) is 0 Å². The smallest absolute Gasteiger partial charge is 0.306 e. The second kappa shape index (κ2) is 48.2. The predicted octanol–water partition coefficient (Wildman–Crippen LogP) is 15.5. The molecule has 0 heterocycles. The maximum atomic E-state index is 12.7. The minimum Gasteiger partial charge on any atom is -0.462 e. The Bertz CT molecular complexity index is 1380. The van der Waals surface area contributed by atoms with E-state index in [-0.39, 0.29) is 38.0 Å². The van der Waals surface area contributed by atoms with Gasteiger partial charge in [-0.25, -0.2) is 0 Å². The van der Waals surface area contributed by atoms with Crippen molar-refractivity contribution in [3.8, 4) is 0 Å². The number of rotatable bonds is 40. The molecule has 0 aromatic carbocycles. The van der Waals surface area contributed by atoms with Gasteiger partial charge in [0.15, 0.2) is 6.10 Å². The van der Waals surface area contributed by atoms with Crippen molar-refractivity contribution in [1.29, 1.82) is 0 Å². The van der Waals surface area contributed by atoms with Gasteiger partial charge in [0, 0.05) is 19.3 Å². The summed E-state index contributed by atoms with van der Waals surface area (Å²) in [6, 6.07) is 0. The van der Waals surface area contributed by atoms with Crippen LogP contribution in [0.1, 0.15) is 175 Å². The summed E-state index contributed by atoms with van der Waals surface area (Å²) in [5.74, 6) is -1.13. The van der Waals surface area contributed by atoms with Gasteiger partial charge in [-0.1, -0.05) is 187 Å². The minimum absolute atomic E-state index is 0.139. The number of allylic oxidation sites excluding steroid dienone is 22. The summed E-state index contributed by atoms with van der Waals surface area (Å²) in [5.41, 5.74) is 0. The van der Waals surface area contributed by atoms with Crippen molar-refractivity contribution in [2.75, 3.05) is 13.2 Å². The fraction of sp³-hybridized carbons (Fsp3) is 0.545. The molecular weight excluding hydrogens is 757 g/mol. The summed E-state index contributed by atoms with van der Waals surface area (Å²) in [7, 11) is 0. The highest BCUT2D eigenvalue weighted by Gasteiger charge is 2.19. The number of hydrogen-bond acceptors (Lipinski definition) is 6. The number of esters is 3. The first-order valence-corrected chi connectivity index (χ1v) is 23.7. The monoisotopic (exact) mass is 841 g/mol. The molecule has 340 valence electrons. The van der Waals surface area contributed by atoms with E-state index in [1.807, 2.05) is 24.3 Å². The van der Waals surface area contributed by atoms with Gasteiger partial charge in [0.25, 0.3) is 0 Å². The molecule has 0 aliphatic rings. The molecule has 0 aromatic heterocycles. The zero-order chi connectivity index (χ0) is 44.4. The predicted molar refractivity (Wildman–Crippen MR) is 260 cm³/mol. The Morgan fingerprint density at radius 2 is 0.623 bits per heavy atom. The van der Waals surface area contributed by atoms with E-state index in [1.165, 1.54) is 25.7 Å². The van der Waals surface area contributed by atoms with Crippen LogP contribution >= 0.6 is 0 Å².